The first-order valence-electron chi connectivity index (χ1n) is 6.28. The number of nitrogens with one attached hydrogen (secondary N) is 1. The van der Waals surface area contributed by atoms with Crippen molar-refractivity contribution in [1.82, 2.24) is 0 Å². The topological polar surface area (TPSA) is 29.1 Å². The molecule has 2 aliphatic carbocycles. The Morgan fingerprint density at radius 3 is 2.88 bits per heavy atom. The summed E-state index contributed by atoms with van der Waals surface area (Å²) in [6.07, 6.45) is 5.52. The number of allylic oxidation sites excluding steroid dienone is 2. The fourth-order valence-electron chi connectivity index (χ4n) is 3.01. The lowest BCUT2D eigenvalue weighted by Gasteiger charge is -2.18. The van der Waals surface area contributed by atoms with Crippen molar-refractivity contribution in [3.8, 4) is 0 Å². The second kappa shape index (κ2) is 4.02. The second-order valence-electron chi connectivity index (χ2n) is 5.23. The van der Waals surface area contributed by atoms with Crippen LogP contribution in [0.4, 0.5) is 5.69 Å². The van der Waals surface area contributed by atoms with Gasteiger partial charge in [-0.1, -0.05) is 23.8 Å². The van der Waals surface area contributed by atoms with Crippen LogP contribution in [0.1, 0.15) is 24.8 Å². The fourth-order valence-corrected chi connectivity index (χ4v) is 3.01. The molecule has 17 heavy (non-hydrogen) atoms. The summed E-state index contributed by atoms with van der Waals surface area (Å²) in [5.74, 6) is 0.967. The van der Waals surface area contributed by atoms with Gasteiger partial charge in [0.1, 0.15) is 0 Å². The van der Waals surface area contributed by atoms with Gasteiger partial charge in [0.2, 0.25) is 5.91 Å². The normalized spacial score (nSPS) is 25.8. The van der Waals surface area contributed by atoms with E-state index in [0.717, 1.165) is 24.9 Å². The van der Waals surface area contributed by atoms with Gasteiger partial charge < -0.3 is 5.32 Å². The van der Waals surface area contributed by atoms with Crippen LogP contribution in [-0.2, 0) is 4.79 Å². The number of aryl methyl sites for hydroxylation is 1. The Bertz CT molecular complexity index is 489. The second-order valence-corrected chi connectivity index (χ2v) is 5.23. The Balaban J connectivity index is 1.70. The third-order valence-corrected chi connectivity index (χ3v) is 3.91. The first-order valence-corrected chi connectivity index (χ1v) is 6.28. The van der Waals surface area contributed by atoms with E-state index < -0.39 is 0 Å². The van der Waals surface area contributed by atoms with Crippen LogP contribution in [0.25, 0.3) is 0 Å². The van der Waals surface area contributed by atoms with E-state index >= 15 is 0 Å². The Morgan fingerprint density at radius 1 is 1.35 bits per heavy atom. The number of fused-ring (bicyclic) bond motifs is 2. The van der Waals surface area contributed by atoms with Gasteiger partial charge in [0.15, 0.2) is 0 Å². The number of benzene rings is 1. The largest absolute Gasteiger partial charge is 0.326 e. The van der Waals surface area contributed by atoms with Crippen molar-refractivity contribution in [2.24, 2.45) is 11.8 Å². The number of carbonyl (C=O) groups excluding carboxylic acids is 1. The lowest BCUT2D eigenvalue weighted by molar-refractivity contribution is -0.120. The Kier molecular flexibility index (Phi) is 2.50. The molecule has 2 heteroatoms. The molecule has 1 aromatic carbocycles. The summed E-state index contributed by atoms with van der Waals surface area (Å²) in [7, 11) is 0. The number of amides is 1. The Labute approximate surface area is 102 Å². The number of rotatable bonds is 2. The van der Waals surface area contributed by atoms with E-state index in [9.17, 15) is 4.79 Å². The quantitative estimate of drug-likeness (QED) is 0.772. The van der Waals surface area contributed by atoms with Crippen molar-refractivity contribution in [2.45, 2.75) is 26.2 Å². The van der Waals surface area contributed by atoms with E-state index in [2.05, 4.69) is 11.4 Å². The van der Waals surface area contributed by atoms with Crippen LogP contribution in [0.15, 0.2) is 35.9 Å². The minimum absolute atomic E-state index is 0.198. The van der Waals surface area contributed by atoms with E-state index in [0.29, 0.717) is 5.92 Å². The zero-order valence-corrected chi connectivity index (χ0v) is 10.1. The molecule has 0 radical (unpaired) electrons. The molecule has 2 unspecified atom stereocenters. The maximum absolute atomic E-state index is 12.2. The fraction of sp³-hybridized carbons (Fsp3) is 0.400. The molecule has 1 amide bonds. The van der Waals surface area contributed by atoms with E-state index in [4.69, 9.17) is 0 Å². The van der Waals surface area contributed by atoms with Crippen LogP contribution in [0.3, 0.4) is 0 Å². The lowest BCUT2D eigenvalue weighted by atomic mass is 9.91. The summed E-state index contributed by atoms with van der Waals surface area (Å²) < 4.78 is 0. The highest BCUT2D eigenvalue weighted by Crippen LogP contribution is 2.44. The monoisotopic (exact) mass is 227 g/mol. The highest BCUT2D eigenvalue weighted by Gasteiger charge is 2.38. The van der Waals surface area contributed by atoms with E-state index in [-0.39, 0.29) is 11.8 Å². The summed E-state index contributed by atoms with van der Waals surface area (Å²) >= 11 is 0. The third kappa shape index (κ3) is 1.99. The van der Waals surface area contributed by atoms with Gasteiger partial charge in [0.25, 0.3) is 0 Å². The average Bonchev–Trinajstić information content (AvgIpc) is 2.90. The molecule has 88 valence electrons. The molecule has 3 rings (SSSR count). The van der Waals surface area contributed by atoms with Crippen LogP contribution in [0.5, 0.6) is 0 Å². The number of hydrogen-bond acceptors (Lipinski definition) is 1. The minimum atomic E-state index is 0.198. The molecule has 0 saturated heterocycles. The summed E-state index contributed by atoms with van der Waals surface area (Å²) in [6, 6.07) is 7.99. The highest BCUT2D eigenvalue weighted by molar-refractivity contribution is 5.93. The van der Waals surface area contributed by atoms with Gasteiger partial charge in [-0.3, -0.25) is 4.79 Å². The maximum Gasteiger partial charge on any atom is 0.228 e. The third-order valence-electron chi connectivity index (χ3n) is 3.91. The van der Waals surface area contributed by atoms with Crippen molar-refractivity contribution in [1.29, 1.82) is 0 Å². The van der Waals surface area contributed by atoms with Gasteiger partial charge in [-0.05, 0) is 49.8 Å². The standard InChI is InChI=1S/C15H17NO/c1-10-3-2-4-13(7-10)16-15(17)14-9-11-5-6-12(14)8-11/h2-5,7,12,14H,6,8-9H2,1H3,(H,16,17). The zero-order valence-electron chi connectivity index (χ0n) is 10.1. The molecular weight excluding hydrogens is 210 g/mol. The van der Waals surface area contributed by atoms with Crippen molar-refractivity contribution in [2.75, 3.05) is 5.32 Å². The van der Waals surface area contributed by atoms with Crippen LogP contribution in [-0.4, -0.2) is 5.91 Å². The van der Waals surface area contributed by atoms with Crippen molar-refractivity contribution in [3.63, 3.8) is 0 Å². The molecule has 1 aromatic rings. The van der Waals surface area contributed by atoms with Crippen LogP contribution in [0, 0.1) is 18.8 Å². The van der Waals surface area contributed by atoms with Crippen molar-refractivity contribution < 1.29 is 4.79 Å². The van der Waals surface area contributed by atoms with Gasteiger partial charge in [-0.15, -0.1) is 0 Å². The predicted octanol–water partition coefficient (Wildman–Crippen LogP) is 3.29. The van der Waals surface area contributed by atoms with Crippen LogP contribution >= 0.6 is 0 Å². The van der Waals surface area contributed by atoms with E-state index in [1.807, 2.05) is 31.2 Å². The molecule has 2 nitrogen and oxygen atoms in total. The average molecular weight is 227 g/mol. The van der Waals surface area contributed by atoms with Gasteiger partial charge in [0, 0.05) is 11.6 Å². The lowest BCUT2D eigenvalue weighted by Crippen LogP contribution is -2.26. The summed E-state index contributed by atoms with van der Waals surface area (Å²) in [6.45, 7) is 2.04. The van der Waals surface area contributed by atoms with E-state index in [1.54, 1.807) is 0 Å². The van der Waals surface area contributed by atoms with Crippen LogP contribution < -0.4 is 5.32 Å². The highest BCUT2D eigenvalue weighted by atomic mass is 16.1. The molecule has 0 heterocycles. The van der Waals surface area contributed by atoms with Gasteiger partial charge >= 0.3 is 0 Å². The molecule has 0 spiro atoms. The number of carbonyl (C=O) groups is 1. The summed E-state index contributed by atoms with van der Waals surface area (Å²) in [4.78, 5) is 12.2. The molecule has 2 aliphatic rings. The first-order chi connectivity index (χ1) is 8.22. The molecule has 1 saturated carbocycles. The van der Waals surface area contributed by atoms with Gasteiger partial charge in [-0.25, -0.2) is 0 Å². The molecule has 0 aromatic heterocycles. The molecular formula is C15H17NO. The molecule has 0 aliphatic heterocycles. The number of hydrogen-bond donors (Lipinski definition) is 1. The molecule has 2 atom stereocenters. The Morgan fingerprint density at radius 2 is 2.24 bits per heavy atom. The zero-order chi connectivity index (χ0) is 11.8. The summed E-state index contributed by atoms with van der Waals surface area (Å²) in [5.41, 5.74) is 3.59. The minimum Gasteiger partial charge on any atom is -0.326 e. The predicted molar refractivity (Wildman–Crippen MR) is 68.7 cm³/mol. The van der Waals surface area contributed by atoms with Crippen LogP contribution in [0.2, 0.25) is 0 Å². The first kappa shape index (κ1) is 10.6. The number of anilines is 1. The molecule has 1 fully saturated rings. The maximum atomic E-state index is 12.2. The van der Waals surface area contributed by atoms with E-state index in [1.165, 1.54) is 11.1 Å². The molecule has 2 bridgehead atoms. The smallest absolute Gasteiger partial charge is 0.228 e. The molecule has 1 N–H and O–H groups in total. The van der Waals surface area contributed by atoms with Crippen molar-refractivity contribution in [3.05, 3.63) is 41.5 Å². The summed E-state index contributed by atoms with van der Waals surface area (Å²) in [5, 5.41) is 3.04. The SMILES string of the molecule is Cc1cccc(NC(=O)C2CC3=CCC2C3)c1. The van der Waals surface area contributed by atoms with Gasteiger partial charge in [-0.2, -0.15) is 0 Å². The van der Waals surface area contributed by atoms with Crippen molar-refractivity contribution >= 4 is 11.6 Å². The Hall–Kier alpha value is -1.57. The van der Waals surface area contributed by atoms with Gasteiger partial charge in [0.05, 0.1) is 0 Å².